The third kappa shape index (κ3) is 6.79. The van der Waals surface area contributed by atoms with Gasteiger partial charge in [-0.15, -0.1) is 11.8 Å². The molecule has 0 spiro atoms. The first-order valence-corrected chi connectivity index (χ1v) is 9.69. The maximum absolute atomic E-state index is 12.2. The fraction of sp³-hybridized carbons (Fsp3) is 0.250. The minimum atomic E-state index is -0.593. The van der Waals surface area contributed by atoms with Gasteiger partial charge in [0.05, 0.1) is 17.0 Å². The third-order valence-corrected chi connectivity index (χ3v) is 4.71. The van der Waals surface area contributed by atoms with E-state index < -0.39 is 5.91 Å². The molecule has 0 bridgehead atoms. The van der Waals surface area contributed by atoms with Crippen LogP contribution in [-0.2, 0) is 9.59 Å². The van der Waals surface area contributed by atoms with E-state index in [4.69, 9.17) is 5.73 Å². The number of carbonyl (C=O) groups is 3. The lowest BCUT2D eigenvalue weighted by Crippen LogP contribution is -2.19. The van der Waals surface area contributed by atoms with Crippen LogP contribution in [0.1, 0.15) is 36.5 Å². The van der Waals surface area contributed by atoms with Gasteiger partial charge in [0, 0.05) is 17.0 Å². The lowest BCUT2D eigenvalue weighted by Gasteiger charge is -2.09. The molecule has 3 amide bonds. The van der Waals surface area contributed by atoms with Crippen molar-refractivity contribution in [1.82, 2.24) is 0 Å². The van der Waals surface area contributed by atoms with Gasteiger partial charge in [-0.25, -0.2) is 0 Å². The summed E-state index contributed by atoms with van der Waals surface area (Å²) in [5.74, 6) is -0.684. The predicted octanol–water partition coefficient (Wildman–Crippen LogP) is 3.65. The number of amides is 3. The molecule has 0 atom stereocenters. The molecule has 0 aliphatic heterocycles. The standard InChI is InChI=1S/C20H23N3O3S/c1-2-3-11-18(24)22-14-7-6-8-15(12-14)27-13-19(25)23-17-10-5-4-9-16(17)20(21)26/h4-10,12H,2-3,11,13H2,1H3,(H2,21,26)(H,22,24)(H,23,25). The first kappa shape index (κ1) is 20.5. The van der Waals surface area contributed by atoms with Crippen LogP contribution in [0.5, 0.6) is 0 Å². The number of unbranched alkanes of at least 4 members (excludes halogenated alkanes) is 1. The summed E-state index contributed by atoms with van der Waals surface area (Å²) in [5.41, 5.74) is 6.69. The monoisotopic (exact) mass is 385 g/mol. The molecule has 0 fully saturated rings. The van der Waals surface area contributed by atoms with Crippen molar-refractivity contribution < 1.29 is 14.4 Å². The van der Waals surface area contributed by atoms with E-state index >= 15 is 0 Å². The van der Waals surface area contributed by atoms with Crippen molar-refractivity contribution in [3.8, 4) is 0 Å². The molecular formula is C20H23N3O3S. The fourth-order valence-corrected chi connectivity index (χ4v) is 3.12. The van der Waals surface area contributed by atoms with Crippen molar-refractivity contribution in [2.24, 2.45) is 5.73 Å². The summed E-state index contributed by atoms with van der Waals surface area (Å²) in [6.45, 7) is 2.04. The second-order valence-electron chi connectivity index (χ2n) is 5.93. The summed E-state index contributed by atoms with van der Waals surface area (Å²) >= 11 is 1.34. The molecule has 142 valence electrons. The molecule has 0 saturated carbocycles. The molecule has 0 aromatic heterocycles. The van der Waals surface area contributed by atoms with Crippen molar-refractivity contribution in [3.63, 3.8) is 0 Å². The minimum Gasteiger partial charge on any atom is -0.366 e. The van der Waals surface area contributed by atoms with Crippen LogP contribution in [0.4, 0.5) is 11.4 Å². The quantitative estimate of drug-likeness (QED) is 0.574. The first-order valence-electron chi connectivity index (χ1n) is 8.71. The van der Waals surface area contributed by atoms with Gasteiger partial charge in [0.15, 0.2) is 0 Å². The molecule has 7 heteroatoms. The molecule has 2 aromatic rings. The van der Waals surface area contributed by atoms with Crippen LogP contribution in [0.2, 0.25) is 0 Å². The SMILES string of the molecule is CCCCC(=O)Nc1cccc(SCC(=O)Nc2ccccc2C(N)=O)c1. The Morgan fingerprint density at radius 1 is 1.00 bits per heavy atom. The number of carbonyl (C=O) groups excluding carboxylic acids is 3. The number of para-hydroxylation sites is 1. The summed E-state index contributed by atoms with van der Waals surface area (Å²) in [5, 5.41) is 5.56. The maximum Gasteiger partial charge on any atom is 0.250 e. The second kappa shape index (κ2) is 10.4. The Bertz CT molecular complexity index is 824. The van der Waals surface area contributed by atoms with Crippen LogP contribution < -0.4 is 16.4 Å². The first-order chi connectivity index (χ1) is 13.0. The number of primary amides is 1. The van der Waals surface area contributed by atoms with Gasteiger partial charge >= 0.3 is 0 Å². The van der Waals surface area contributed by atoms with Crippen molar-refractivity contribution in [2.75, 3.05) is 16.4 Å². The van der Waals surface area contributed by atoms with Gasteiger partial charge in [-0.3, -0.25) is 14.4 Å². The van der Waals surface area contributed by atoms with E-state index in [9.17, 15) is 14.4 Å². The smallest absolute Gasteiger partial charge is 0.250 e. The van der Waals surface area contributed by atoms with E-state index in [1.165, 1.54) is 11.8 Å². The van der Waals surface area contributed by atoms with E-state index in [2.05, 4.69) is 10.6 Å². The van der Waals surface area contributed by atoms with Crippen molar-refractivity contribution in [1.29, 1.82) is 0 Å². The number of nitrogens with one attached hydrogen (secondary N) is 2. The Labute approximate surface area is 162 Å². The summed E-state index contributed by atoms with van der Waals surface area (Å²) < 4.78 is 0. The molecule has 0 heterocycles. The average molecular weight is 385 g/mol. The number of anilines is 2. The zero-order valence-electron chi connectivity index (χ0n) is 15.2. The van der Waals surface area contributed by atoms with E-state index in [0.29, 0.717) is 17.8 Å². The van der Waals surface area contributed by atoms with E-state index in [1.54, 1.807) is 24.3 Å². The van der Waals surface area contributed by atoms with Crippen molar-refractivity contribution in [3.05, 3.63) is 54.1 Å². The normalized spacial score (nSPS) is 10.3. The highest BCUT2D eigenvalue weighted by molar-refractivity contribution is 8.00. The lowest BCUT2D eigenvalue weighted by atomic mass is 10.1. The van der Waals surface area contributed by atoms with Crippen LogP contribution in [0.25, 0.3) is 0 Å². The summed E-state index contributed by atoms with van der Waals surface area (Å²) in [4.78, 5) is 36.3. The van der Waals surface area contributed by atoms with Gasteiger partial charge < -0.3 is 16.4 Å². The fourth-order valence-electron chi connectivity index (χ4n) is 2.37. The molecular weight excluding hydrogens is 362 g/mol. The number of benzene rings is 2. The zero-order chi connectivity index (χ0) is 19.6. The molecule has 4 N–H and O–H groups in total. The topological polar surface area (TPSA) is 101 Å². The van der Waals surface area contributed by atoms with Crippen LogP contribution in [0, 0.1) is 0 Å². The Kier molecular flexibility index (Phi) is 7.88. The molecule has 27 heavy (non-hydrogen) atoms. The summed E-state index contributed by atoms with van der Waals surface area (Å²) in [7, 11) is 0. The van der Waals surface area contributed by atoms with Crippen LogP contribution >= 0.6 is 11.8 Å². The van der Waals surface area contributed by atoms with Gasteiger partial charge in [0.1, 0.15) is 0 Å². The minimum absolute atomic E-state index is 0.0141. The molecule has 0 unspecified atom stereocenters. The van der Waals surface area contributed by atoms with E-state index in [0.717, 1.165) is 17.7 Å². The van der Waals surface area contributed by atoms with Gasteiger partial charge in [-0.05, 0) is 36.8 Å². The number of hydrogen-bond donors (Lipinski definition) is 3. The zero-order valence-corrected chi connectivity index (χ0v) is 16.0. The van der Waals surface area contributed by atoms with Crippen molar-refractivity contribution in [2.45, 2.75) is 31.1 Å². The Balaban J connectivity index is 1.91. The average Bonchev–Trinajstić information content (AvgIpc) is 2.65. The van der Waals surface area contributed by atoms with Crippen LogP contribution in [0.15, 0.2) is 53.4 Å². The van der Waals surface area contributed by atoms with Gasteiger partial charge in [0.25, 0.3) is 5.91 Å². The highest BCUT2D eigenvalue weighted by Gasteiger charge is 2.11. The lowest BCUT2D eigenvalue weighted by molar-refractivity contribution is -0.116. The highest BCUT2D eigenvalue weighted by Crippen LogP contribution is 2.22. The van der Waals surface area contributed by atoms with Crippen LogP contribution in [-0.4, -0.2) is 23.5 Å². The van der Waals surface area contributed by atoms with E-state index in [-0.39, 0.29) is 23.1 Å². The third-order valence-electron chi connectivity index (χ3n) is 3.71. The number of hydrogen-bond acceptors (Lipinski definition) is 4. The predicted molar refractivity (Wildman–Crippen MR) is 109 cm³/mol. The summed E-state index contributed by atoms with van der Waals surface area (Å²) in [6.07, 6.45) is 2.32. The number of nitrogens with two attached hydrogens (primary N) is 1. The molecule has 0 aliphatic rings. The maximum atomic E-state index is 12.2. The van der Waals surface area contributed by atoms with Gasteiger partial charge in [-0.2, -0.15) is 0 Å². The Hall–Kier alpha value is -2.80. The molecule has 2 aromatic carbocycles. The molecule has 6 nitrogen and oxygen atoms in total. The number of rotatable bonds is 9. The second-order valence-corrected chi connectivity index (χ2v) is 6.98. The number of thioether (sulfide) groups is 1. The Morgan fingerprint density at radius 3 is 2.52 bits per heavy atom. The van der Waals surface area contributed by atoms with Crippen molar-refractivity contribution >= 4 is 40.9 Å². The van der Waals surface area contributed by atoms with Gasteiger partial charge in [0.2, 0.25) is 11.8 Å². The molecule has 0 saturated heterocycles. The highest BCUT2D eigenvalue weighted by atomic mass is 32.2. The largest absolute Gasteiger partial charge is 0.366 e. The molecule has 2 rings (SSSR count). The summed E-state index contributed by atoms with van der Waals surface area (Å²) in [6, 6.07) is 14.0. The van der Waals surface area contributed by atoms with Crippen LogP contribution in [0.3, 0.4) is 0 Å². The molecule has 0 radical (unpaired) electrons. The van der Waals surface area contributed by atoms with Gasteiger partial charge in [-0.1, -0.05) is 31.5 Å². The molecule has 0 aliphatic carbocycles. The Morgan fingerprint density at radius 2 is 1.78 bits per heavy atom. The van der Waals surface area contributed by atoms with E-state index in [1.807, 2.05) is 31.2 Å².